The molecule has 32 heavy (non-hydrogen) atoms. The van der Waals surface area contributed by atoms with E-state index in [2.05, 4.69) is 14.6 Å². The molecule has 174 valence electrons. The van der Waals surface area contributed by atoms with E-state index in [1.807, 2.05) is 11.9 Å². The first-order valence-electron chi connectivity index (χ1n) is 10.9. The zero-order valence-corrected chi connectivity index (χ0v) is 19.5. The predicted octanol–water partition coefficient (Wildman–Crippen LogP) is 1.48. The topological polar surface area (TPSA) is 87.5 Å². The minimum atomic E-state index is -3.81. The van der Waals surface area contributed by atoms with Crippen LogP contribution < -0.4 is 4.72 Å². The number of likely N-dealkylation sites (N-methyl/N-ethyl adjacent to an activating group) is 1. The summed E-state index contributed by atoms with van der Waals surface area (Å²) < 4.78 is 43.8. The summed E-state index contributed by atoms with van der Waals surface area (Å²) in [5.41, 5.74) is 0.856. The van der Waals surface area contributed by atoms with Gasteiger partial charge in [-0.05, 0) is 50.4 Å². The SMILES string of the molecule is Cc1nc(S(=O)(=O)N[C@@H]2C[C@H](C(=O)N3CCN(C)CC3)[C@@H](c3ccc(F)cc3)C2)cn1C. The fourth-order valence-corrected chi connectivity index (χ4v) is 5.98. The first kappa shape index (κ1) is 22.9. The third-order valence-electron chi connectivity index (χ3n) is 6.68. The molecule has 4 rings (SSSR count). The molecule has 1 aromatic carbocycles. The number of rotatable bonds is 5. The van der Waals surface area contributed by atoms with Gasteiger partial charge in [0, 0.05) is 51.4 Å². The van der Waals surface area contributed by atoms with E-state index in [1.165, 1.54) is 18.3 Å². The molecule has 1 aliphatic heterocycles. The molecule has 1 saturated heterocycles. The van der Waals surface area contributed by atoms with Crippen LogP contribution in [0.15, 0.2) is 35.5 Å². The lowest BCUT2D eigenvalue weighted by atomic mass is 9.88. The van der Waals surface area contributed by atoms with Crippen LogP contribution in [0.4, 0.5) is 4.39 Å². The summed E-state index contributed by atoms with van der Waals surface area (Å²) in [4.78, 5) is 21.6. The number of nitrogens with zero attached hydrogens (tertiary/aromatic N) is 4. The predicted molar refractivity (Wildman–Crippen MR) is 118 cm³/mol. The molecule has 3 atom stereocenters. The van der Waals surface area contributed by atoms with Gasteiger partial charge in [0.15, 0.2) is 5.03 Å². The number of hydrogen-bond acceptors (Lipinski definition) is 5. The molecule has 2 fully saturated rings. The van der Waals surface area contributed by atoms with E-state index in [1.54, 1.807) is 30.7 Å². The van der Waals surface area contributed by atoms with Crippen LogP contribution in [0.2, 0.25) is 0 Å². The average Bonchev–Trinajstić information content (AvgIpc) is 3.32. The van der Waals surface area contributed by atoms with Crippen molar-refractivity contribution in [1.29, 1.82) is 0 Å². The highest BCUT2D eigenvalue weighted by Crippen LogP contribution is 2.41. The summed E-state index contributed by atoms with van der Waals surface area (Å²) in [6.07, 6.45) is 2.36. The Morgan fingerprint density at radius 2 is 1.75 bits per heavy atom. The van der Waals surface area contributed by atoms with Crippen molar-refractivity contribution < 1.29 is 17.6 Å². The van der Waals surface area contributed by atoms with Crippen LogP contribution in [0, 0.1) is 18.7 Å². The zero-order valence-electron chi connectivity index (χ0n) is 18.7. The highest BCUT2D eigenvalue weighted by atomic mass is 32.2. The quantitative estimate of drug-likeness (QED) is 0.726. The second-order valence-corrected chi connectivity index (χ2v) is 10.6. The van der Waals surface area contributed by atoms with Gasteiger partial charge in [-0.3, -0.25) is 4.79 Å². The van der Waals surface area contributed by atoms with Crippen molar-refractivity contribution >= 4 is 15.9 Å². The Kier molecular flexibility index (Phi) is 6.37. The fraction of sp³-hybridized carbons (Fsp3) is 0.545. The van der Waals surface area contributed by atoms with E-state index in [9.17, 15) is 17.6 Å². The number of halogens is 1. The molecule has 1 saturated carbocycles. The number of hydrogen-bond donors (Lipinski definition) is 1. The number of amides is 1. The first-order valence-corrected chi connectivity index (χ1v) is 12.4. The smallest absolute Gasteiger partial charge is 0.259 e. The lowest BCUT2D eigenvalue weighted by Crippen LogP contribution is -2.49. The van der Waals surface area contributed by atoms with Crippen molar-refractivity contribution in [3.05, 3.63) is 47.7 Å². The number of nitrogens with one attached hydrogen (secondary N) is 1. The molecule has 2 aromatic rings. The normalized spacial score (nSPS) is 24.8. The van der Waals surface area contributed by atoms with E-state index >= 15 is 0 Å². The van der Waals surface area contributed by atoms with Crippen LogP contribution in [0.25, 0.3) is 0 Å². The zero-order chi connectivity index (χ0) is 23.0. The minimum absolute atomic E-state index is 0.0234. The molecule has 0 bridgehead atoms. The van der Waals surface area contributed by atoms with E-state index < -0.39 is 16.1 Å². The lowest BCUT2D eigenvalue weighted by Gasteiger charge is -2.35. The summed E-state index contributed by atoms with van der Waals surface area (Å²) in [5.74, 6) is -0.230. The Hall–Kier alpha value is -2.30. The van der Waals surface area contributed by atoms with Crippen molar-refractivity contribution in [2.45, 2.75) is 36.8 Å². The van der Waals surface area contributed by atoms with Crippen LogP contribution in [0.1, 0.15) is 30.1 Å². The number of sulfonamides is 1. The maximum absolute atomic E-state index is 13.5. The molecule has 10 heteroatoms. The second kappa shape index (κ2) is 8.92. The molecule has 1 aliphatic carbocycles. The third-order valence-corrected chi connectivity index (χ3v) is 8.07. The molecular formula is C22H30FN5O3S. The monoisotopic (exact) mass is 463 g/mol. The molecule has 0 spiro atoms. The molecule has 1 amide bonds. The Labute approximate surface area is 188 Å². The maximum Gasteiger partial charge on any atom is 0.259 e. The fourth-order valence-electron chi connectivity index (χ4n) is 4.68. The summed E-state index contributed by atoms with van der Waals surface area (Å²) >= 11 is 0. The maximum atomic E-state index is 13.5. The molecular weight excluding hydrogens is 433 g/mol. The Morgan fingerprint density at radius 1 is 1.09 bits per heavy atom. The van der Waals surface area contributed by atoms with Crippen LogP contribution in [0.3, 0.4) is 0 Å². The van der Waals surface area contributed by atoms with Gasteiger partial charge >= 0.3 is 0 Å². The summed E-state index contributed by atoms with van der Waals surface area (Å²) in [6, 6.07) is 5.77. The molecule has 2 aliphatic rings. The molecule has 0 unspecified atom stereocenters. The van der Waals surface area contributed by atoms with Crippen molar-refractivity contribution in [2.75, 3.05) is 33.2 Å². The molecule has 2 heterocycles. The lowest BCUT2D eigenvalue weighted by molar-refractivity contribution is -0.137. The van der Waals surface area contributed by atoms with Gasteiger partial charge in [-0.2, -0.15) is 0 Å². The second-order valence-electron chi connectivity index (χ2n) is 8.92. The first-order chi connectivity index (χ1) is 15.1. The molecule has 0 radical (unpaired) electrons. The standard InChI is InChI=1S/C22H30FN5O3S/c1-15-24-21(14-27(15)3)32(30,31)25-18-12-19(16-4-6-17(23)7-5-16)20(13-18)22(29)28-10-8-26(2)9-11-28/h4-7,14,18-20,25H,8-13H2,1-3H3/t18-,19+,20-/m0/s1. The van der Waals surface area contributed by atoms with Gasteiger partial charge in [-0.15, -0.1) is 0 Å². The number of benzene rings is 1. The Morgan fingerprint density at radius 3 is 2.34 bits per heavy atom. The third kappa shape index (κ3) is 4.72. The number of aryl methyl sites for hydroxylation is 2. The van der Waals surface area contributed by atoms with E-state index in [0.717, 1.165) is 18.7 Å². The Balaban J connectivity index is 1.56. The van der Waals surface area contributed by atoms with E-state index in [0.29, 0.717) is 31.8 Å². The van der Waals surface area contributed by atoms with Gasteiger partial charge in [0.05, 0.1) is 0 Å². The number of piperazine rings is 1. The van der Waals surface area contributed by atoms with Crippen LogP contribution in [-0.2, 0) is 21.9 Å². The number of aromatic nitrogens is 2. The highest BCUT2D eigenvalue weighted by molar-refractivity contribution is 7.89. The van der Waals surface area contributed by atoms with Crippen molar-refractivity contribution in [1.82, 2.24) is 24.1 Å². The minimum Gasteiger partial charge on any atom is -0.340 e. The largest absolute Gasteiger partial charge is 0.340 e. The van der Waals surface area contributed by atoms with Gasteiger partial charge in [-0.25, -0.2) is 22.5 Å². The number of carbonyl (C=O) groups excluding carboxylic acids is 1. The Bertz CT molecular complexity index is 1060. The van der Waals surface area contributed by atoms with Crippen LogP contribution in [-0.4, -0.2) is 72.9 Å². The number of imidazole rings is 1. The molecule has 1 aromatic heterocycles. The van der Waals surface area contributed by atoms with Gasteiger partial charge in [0.25, 0.3) is 10.0 Å². The summed E-state index contributed by atoms with van der Waals surface area (Å²) in [5, 5.41) is -0.0234. The molecule has 8 nitrogen and oxygen atoms in total. The summed E-state index contributed by atoms with van der Waals surface area (Å²) in [7, 11) is -0.0396. The van der Waals surface area contributed by atoms with Crippen molar-refractivity contribution in [3.8, 4) is 0 Å². The average molecular weight is 464 g/mol. The number of carbonyl (C=O) groups is 1. The summed E-state index contributed by atoms with van der Waals surface area (Å²) in [6.45, 7) is 4.69. The highest BCUT2D eigenvalue weighted by Gasteiger charge is 2.43. The van der Waals surface area contributed by atoms with Crippen LogP contribution in [0.5, 0.6) is 0 Å². The van der Waals surface area contributed by atoms with E-state index in [-0.39, 0.29) is 28.6 Å². The molecule has 1 N–H and O–H groups in total. The van der Waals surface area contributed by atoms with Crippen molar-refractivity contribution in [2.24, 2.45) is 13.0 Å². The van der Waals surface area contributed by atoms with Gasteiger partial charge < -0.3 is 14.4 Å². The van der Waals surface area contributed by atoms with Gasteiger partial charge in [-0.1, -0.05) is 12.1 Å². The van der Waals surface area contributed by atoms with Crippen molar-refractivity contribution in [3.63, 3.8) is 0 Å². The van der Waals surface area contributed by atoms with E-state index in [4.69, 9.17) is 0 Å². The van der Waals surface area contributed by atoms with Gasteiger partial charge in [0.2, 0.25) is 5.91 Å². The van der Waals surface area contributed by atoms with Gasteiger partial charge in [0.1, 0.15) is 11.6 Å². The van der Waals surface area contributed by atoms with Crippen LogP contribution >= 0.6 is 0 Å².